The highest BCUT2D eigenvalue weighted by Crippen LogP contribution is 2.35. The van der Waals surface area contributed by atoms with Crippen molar-refractivity contribution < 1.29 is 14.3 Å². The zero-order valence-corrected chi connectivity index (χ0v) is 14.7. The van der Waals surface area contributed by atoms with Gasteiger partial charge in [-0.05, 0) is 43.1 Å². The maximum atomic E-state index is 14.5. The van der Waals surface area contributed by atoms with Crippen LogP contribution in [0.4, 0.5) is 4.39 Å². The third-order valence-corrected chi connectivity index (χ3v) is 5.08. The van der Waals surface area contributed by atoms with Gasteiger partial charge in [0.1, 0.15) is 11.9 Å². The summed E-state index contributed by atoms with van der Waals surface area (Å²) in [4.78, 5) is 13.7. The quantitative estimate of drug-likeness (QED) is 0.826. The minimum atomic E-state index is -0.840. The molecule has 3 nitrogen and oxygen atoms in total. The molecule has 1 aliphatic heterocycles. The molecule has 0 aromatic heterocycles. The lowest BCUT2D eigenvalue weighted by molar-refractivity contribution is -0.145. The summed E-state index contributed by atoms with van der Waals surface area (Å²) < 4.78 is 15.4. The van der Waals surface area contributed by atoms with Crippen LogP contribution in [0.25, 0.3) is 0 Å². The van der Waals surface area contributed by atoms with Crippen LogP contribution in [0.15, 0.2) is 53.0 Å². The van der Waals surface area contributed by atoms with Gasteiger partial charge >= 0.3 is 5.97 Å². The summed E-state index contributed by atoms with van der Waals surface area (Å²) in [5.41, 5.74) is 1.42. The summed E-state index contributed by atoms with van der Waals surface area (Å²) in [6, 6.07) is 13.3. The van der Waals surface area contributed by atoms with Gasteiger partial charge in [-0.15, -0.1) is 0 Å². The van der Waals surface area contributed by atoms with Crippen LogP contribution in [-0.2, 0) is 4.79 Å². The Balaban J connectivity index is 2.09. The smallest absolute Gasteiger partial charge is 0.320 e. The Kier molecular flexibility index (Phi) is 5.31. The molecule has 3 rings (SSSR count). The van der Waals surface area contributed by atoms with Crippen molar-refractivity contribution in [1.29, 1.82) is 0 Å². The predicted octanol–water partition coefficient (Wildman–Crippen LogP) is 4.62. The largest absolute Gasteiger partial charge is 0.480 e. The number of carbonyl (C=O) groups is 1. The Morgan fingerprint density at radius 3 is 2.54 bits per heavy atom. The lowest BCUT2D eigenvalue weighted by Crippen LogP contribution is -2.47. The minimum absolute atomic E-state index is 0.305. The second-order valence-corrected chi connectivity index (χ2v) is 6.98. The summed E-state index contributed by atoms with van der Waals surface area (Å²) >= 11 is 3.41. The van der Waals surface area contributed by atoms with E-state index in [1.165, 1.54) is 6.07 Å². The van der Waals surface area contributed by atoms with Crippen molar-refractivity contribution in [2.45, 2.75) is 31.3 Å². The number of hydrogen-bond donors (Lipinski definition) is 1. The van der Waals surface area contributed by atoms with Crippen LogP contribution in [0.2, 0.25) is 0 Å². The molecule has 1 saturated heterocycles. The van der Waals surface area contributed by atoms with Crippen molar-refractivity contribution in [3.63, 3.8) is 0 Å². The summed E-state index contributed by atoms with van der Waals surface area (Å²) in [6.45, 7) is 0.645. The van der Waals surface area contributed by atoms with Gasteiger partial charge in [-0.2, -0.15) is 0 Å². The molecule has 1 fully saturated rings. The topological polar surface area (TPSA) is 40.5 Å². The molecule has 126 valence electrons. The Hall–Kier alpha value is -1.72. The van der Waals surface area contributed by atoms with Gasteiger partial charge in [0.05, 0.1) is 6.04 Å². The predicted molar refractivity (Wildman–Crippen MR) is 94.4 cm³/mol. The number of nitrogens with zero attached hydrogens (tertiary/aromatic N) is 1. The highest BCUT2D eigenvalue weighted by molar-refractivity contribution is 9.10. The van der Waals surface area contributed by atoms with Crippen molar-refractivity contribution >= 4 is 21.9 Å². The molecule has 0 saturated carbocycles. The van der Waals surface area contributed by atoms with Gasteiger partial charge in [0.15, 0.2) is 0 Å². The lowest BCUT2D eigenvalue weighted by atomic mass is 9.91. The lowest BCUT2D eigenvalue weighted by Gasteiger charge is -2.39. The van der Waals surface area contributed by atoms with Crippen molar-refractivity contribution in [3.8, 4) is 0 Å². The number of carboxylic acid groups (broad SMARTS) is 1. The van der Waals surface area contributed by atoms with Crippen LogP contribution in [0.5, 0.6) is 0 Å². The molecule has 2 aromatic carbocycles. The van der Waals surface area contributed by atoms with E-state index in [0.29, 0.717) is 18.5 Å². The van der Waals surface area contributed by atoms with E-state index in [1.807, 2.05) is 29.2 Å². The van der Waals surface area contributed by atoms with Crippen LogP contribution in [-0.4, -0.2) is 28.6 Å². The van der Waals surface area contributed by atoms with E-state index < -0.39 is 18.1 Å². The Morgan fingerprint density at radius 1 is 1.17 bits per heavy atom. The summed E-state index contributed by atoms with van der Waals surface area (Å²) in [5.74, 6) is -1.15. The van der Waals surface area contributed by atoms with Crippen LogP contribution < -0.4 is 0 Å². The minimum Gasteiger partial charge on any atom is -0.480 e. The summed E-state index contributed by atoms with van der Waals surface area (Å²) in [6.07, 6.45) is 2.40. The standard InChI is InChI=1S/C19H19BrFNO2/c20-14-10-8-13(9-11-14)18(15-5-1-2-6-16(15)21)22-12-4-3-7-17(22)19(23)24/h1-2,5-6,8-11,17-18H,3-4,7,12H2,(H,23,24). The number of piperidine rings is 1. The summed E-state index contributed by atoms with van der Waals surface area (Å²) in [7, 11) is 0. The molecular formula is C19H19BrFNO2. The molecule has 0 amide bonds. The van der Waals surface area contributed by atoms with Gasteiger partial charge in [0, 0.05) is 10.0 Å². The van der Waals surface area contributed by atoms with E-state index in [9.17, 15) is 14.3 Å². The second kappa shape index (κ2) is 7.45. The fourth-order valence-corrected chi connectivity index (χ4v) is 3.68. The fourth-order valence-electron chi connectivity index (χ4n) is 3.42. The van der Waals surface area contributed by atoms with Crippen molar-refractivity contribution in [1.82, 2.24) is 4.90 Å². The van der Waals surface area contributed by atoms with E-state index in [1.54, 1.807) is 18.2 Å². The van der Waals surface area contributed by atoms with Crippen LogP contribution in [0.1, 0.15) is 36.4 Å². The van der Waals surface area contributed by atoms with E-state index in [0.717, 1.165) is 22.9 Å². The van der Waals surface area contributed by atoms with Crippen molar-refractivity contribution in [2.24, 2.45) is 0 Å². The normalized spacial score (nSPS) is 19.8. The van der Waals surface area contributed by atoms with Crippen molar-refractivity contribution in [3.05, 3.63) is 69.9 Å². The average molecular weight is 392 g/mol. The second-order valence-electron chi connectivity index (χ2n) is 6.06. The summed E-state index contributed by atoms with van der Waals surface area (Å²) in [5, 5.41) is 9.62. The molecule has 0 radical (unpaired) electrons. The molecule has 5 heteroatoms. The van der Waals surface area contributed by atoms with E-state index in [-0.39, 0.29) is 5.82 Å². The number of rotatable bonds is 4. The third kappa shape index (κ3) is 3.52. The van der Waals surface area contributed by atoms with Crippen LogP contribution in [0, 0.1) is 5.82 Å². The number of carboxylic acids is 1. The first kappa shape index (κ1) is 17.1. The Labute approximate surface area is 149 Å². The molecule has 1 N–H and O–H groups in total. The molecular weight excluding hydrogens is 373 g/mol. The zero-order chi connectivity index (χ0) is 17.1. The number of benzene rings is 2. The number of halogens is 2. The molecule has 2 unspecified atom stereocenters. The van der Waals surface area contributed by atoms with Gasteiger partial charge in [-0.1, -0.05) is 52.7 Å². The van der Waals surface area contributed by atoms with E-state index in [2.05, 4.69) is 15.9 Å². The van der Waals surface area contributed by atoms with Crippen molar-refractivity contribution in [2.75, 3.05) is 6.54 Å². The average Bonchev–Trinajstić information content (AvgIpc) is 2.59. The molecule has 2 atom stereocenters. The molecule has 1 aliphatic rings. The maximum Gasteiger partial charge on any atom is 0.320 e. The van der Waals surface area contributed by atoms with Gasteiger partial charge in [-0.25, -0.2) is 4.39 Å². The van der Waals surface area contributed by atoms with Crippen LogP contribution >= 0.6 is 15.9 Å². The highest BCUT2D eigenvalue weighted by Gasteiger charge is 2.36. The van der Waals surface area contributed by atoms with Gasteiger partial charge in [0.2, 0.25) is 0 Å². The first-order valence-electron chi connectivity index (χ1n) is 8.06. The number of hydrogen-bond acceptors (Lipinski definition) is 2. The van der Waals surface area contributed by atoms with Gasteiger partial charge < -0.3 is 5.11 Å². The number of likely N-dealkylation sites (tertiary alicyclic amines) is 1. The highest BCUT2D eigenvalue weighted by atomic mass is 79.9. The molecule has 2 aromatic rings. The molecule has 0 bridgehead atoms. The molecule has 0 aliphatic carbocycles. The Morgan fingerprint density at radius 2 is 1.88 bits per heavy atom. The Bertz CT molecular complexity index is 720. The first-order valence-corrected chi connectivity index (χ1v) is 8.85. The van der Waals surface area contributed by atoms with E-state index in [4.69, 9.17) is 0 Å². The van der Waals surface area contributed by atoms with E-state index >= 15 is 0 Å². The first-order chi connectivity index (χ1) is 11.6. The molecule has 1 heterocycles. The molecule has 0 spiro atoms. The van der Waals surface area contributed by atoms with Gasteiger partial charge in [0.25, 0.3) is 0 Å². The van der Waals surface area contributed by atoms with Crippen LogP contribution in [0.3, 0.4) is 0 Å². The maximum absolute atomic E-state index is 14.5. The van der Waals surface area contributed by atoms with Gasteiger partial charge in [-0.3, -0.25) is 9.69 Å². The zero-order valence-electron chi connectivity index (χ0n) is 13.2. The SMILES string of the molecule is O=C(O)C1CCCCN1C(c1ccc(Br)cc1)c1ccccc1F. The third-order valence-electron chi connectivity index (χ3n) is 4.55. The molecule has 24 heavy (non-hydrogen) atoms. The fraction of sp³-hybridized carbons (Fsp3) is 0.316. The monoisotopic (exact) mass is 391 g/mol. The number of aliphatic carboxylic acids is 1.